The van der Waals surface area contributed by atoms with Gasteiger partial charge in [0.1, 0.15) is 11.6 Å². The highest BCUT2D eigenvalue weighted by atomic mass is 16.1. The van der Waals surface area contributed by atoms with Gasteiger partial charge in [0, 0.05) is 12.7 Å². The fraction of sp³-hybridized carbons (Fsp3) is 0.524. The molecule has 0 bridgehead atoms. The molecule has 0 aliphatic heterocycles. The van der Waals surface area contributed by atoms with E-state index in [1.54, 1.807) is 6.20 Å². The van der Waals surface area contributed by atoms with Crippen LogP contribution in [0.3, 0.4) is 0 Å². The van der Waals surface area contributed by atoms with Gasteiger partial charge in [0.25, 0.3) is 5.91 Å². The van der Waals surface area contributed by atoms with Gasteiger partial charge in [-0.05, 0) is 55.2 Å². The minimum Gasteiger partial charge on any atom is -0.383 e. The van der Waals surface area contributed by atoms with E-state index in [1.807, 2.05) is 6.07 Å². The standard InChI is InChI=1S/C21H29N3O/c1-3-5-12-23-21(25)19(14-22)15-24-20(4-2)18-11-10-16-8-6-7-9-17(16)13-18/h10-11,13,15,20,24H,3-9,12H2,1-2H3,(H,23,25)/b19-15-. The number of carbonyl (C=O) groups excluding carboxylic acids is 1. The molecule has 1 aliphatic rings. The van der Waals surface area contributed by atoms with Crippen molar-refractivity contribution in [2.75, 3.05) is 6.54 Å². The highest BCUT2D eigenvalue weighted by Gasteiger charge is 2.14. The van der Waals surface area contributed by atoms with E-state index >= 15 is 0 Å². The van der Waals surface area contributed by atoms with E-state index in [9.17, 15) is 10.1 Å². The van der Waals surface area contributed by atoms with Crippen LogP contribution in [0.1, 0.15) is 68.7 Å². The number of rotatable bonds is 8. The molecule has 0 saturated carbocycles. The maximum Gasteiger partial charge on any atom is 0.263 e. The number of hydrogen-bond acceptors (Lipinski definition) is 3. The van der Waals surface area contributed by atoms with Crippen LogP contribution in [-0.4, -0.2) is 12.5 Å². The first-order valence-electron chi connectivity index (χ1n) is 9.45. The molecule has 1 amide bonds. The number of nitrogens with zero attached hydrogens (tertiary/aromatic N) is 1. The van der Waals surface area contributed by atoms with Gasteiger partial charge >= 0.3 is 0 Å². The van der Waals surface area contributed by atoms with E-state index in [0.717, 1.165) is 25.7 Å². The number of nitriles is 1. The second-order valence-electron chi connectivity index (χ2n) is 6.64. The zero-order chi connectivity index (χ0) is 18.1. The Labute approximate surface area is 151 Å². The van der Waals surface area contributed by atoms with Gasteiger partial charge in [-0.1, -0.05) is 38.5 Å². The largest absolute Gasteiger partial charge is 0.383 e. The van der Waals surface area contributed by atoms with Crippen molar-refractivity contribution in [1.82, 2.24) is 10.6 Å². The zero-order valence-corrected chi connectivity index (χ0v) is 15.4. The van der Waals surface area contributed by atoms with E-state index < -0.39 is 0 Å². The van der Waals surface area contributed by atoms with Crippen molar-refractivity contribution >= 4 is 5.91 Å². The van der Waals surface area contributed by atoms with Crippen molar-refractivity contribution in [3.8, 4) is 6.07 Å². The zero-order valence-electron chi connectivity index (χ0n) is 15.4. The summed E-state index contributed by atoms with van der Waals surface area (Å²) in [5.41, 5.74) is 4.27. The van der Waals surface area contributed by atoms with Crippen LogP contribution in [0.4, 0.5) is 0 Å². The van der Waals surface area contributed by atoms with Crippen molar-refractivity contribution < 1.29 is 4.79 Å². The fourth-order valence-electron chi connectivity index (χ4n) is 3.23. The van der Waals surface area contributed by atoms with Crippen LogP contribution in [0.25, 0.3) is 0 Å². The Bertz CT molecular complexity index is 658. The van der Waals surface area contributed by atoms with Gasteiger partial charge in [0.15, 0.2) is 0 Å². The van der Waals surface area contributed by atoms with Gasteiger partial charge in [-0.3, -0.25) is 4.79 Å². The lowest BCUT2D eigenvalue weighted by atomic mass is 9.89. The number of carbonyl (C=O) groups is 1. The monoisotopic (exact) mass is 339 g/mol. The highest BCUT2D eigenvalue weighted by Crippen LogP contribution is 2.26. The molecule has 1 aromatic rings. The molecule has 1 aliphatic carbocycles. The van der Waals surface area contributed by atoms with Crippen LogP contribution >= 0.6 is 0 Å². The third-order valence-corrected chi connectivity index (χ3v) is 4.79. The number of hydrogen-bond donors (Lipinski definition) is 2. The summed E-state index contributed by atoms with van der Waals surface area (Å²) in [4.78, 5) is 12.0. The maximum atomic E-state index is 12.0. The van der Waals surface area contributed by atoms with E-state index in [0.29, 0.717) is 6.54 Å². The molecule has 0 aromatic heterocycles. The predicted octanol–water partition coefficient (Wildman–Crippen LogP) is 3.93. The van der Waals surface area contributed by atoms with Gasteiger partial charge in [-0.2, -0.15) is 5.26 Å². The summed E-state index contributed by atoms with van der Waals surface area (Å²) >= 11 is 0. The van der Waals surface area contributed by atoms with Crippen molar-refractivity contribution in [3.05, 3.63) is 46.7 Å². The fourth-order valence-corrected chi connectivity index (χ4v) is 3.23. The predicted molar refractivity (Wildman–Crippen MR) is 101 cm³/mol. The van der Waals surface area contributed by atoms with Crippen molar-refractivity contribution in [2.45, 2.75) is 64.8 Å². The molecule has 134 valence electrons. The number of aryl methyl sites for hydroxylation is 2. The number of fused-ring (bicyclic) bond motifs is 1. The van der Waals surface area contributed by atoms with Crippen LogP contribution in [-0.2, 0) is 17.6 Å². The van der Waals surface area contributed by atoms with Crippen LogP contribution in [0, 0.1) is 11.3 Å². The maximum absolute atomic E-state index is 12.0. The van der Waals surface area contributed by atoms with Crippen LogP contribution in [0.2, 0.25) is 0 Å². The first kappa shape index (κ1) is 19.1. The molecule has 1 atom stereocenters. The lowest BCUT2D eigenvalue weighted by Gasteiger charge is -2.21. The summed E-state index contributed by atoms with van der Waals surface area (Å²) in [6.07, 6.45) is 9.26. The molecule has 4 heteroatoms. The highest BCUT2D eigenvalue weighted by molar-refractivity contribution is 5.97. The molecule has 2 rings (SSSR count). The summed E-state index contributed by atoms with van der Waals surface area (Å²) in [6.45, 7) is 4.79. The molecule has 1 aromatic carbocycles. The summed E-state index contributed by atoms with van der Waals surface area (Å²) < 4.78 is 0. The van der Waals surface area contributed by atoms with Crippen LogP contribution in [0.15, 0.2) is 30.0 Å². The van der Waals surface area contributed by atoms with E-state index in [1.165, 1.54) is 36.0 Å². The molecular formula is C21H29N3O. The Kier molecular flexibility index (Phi) is 7.53. The summed E-state index contributed by atoms with van der Waals surface area (Å²) in [5, 5.41) is 15.3. The van der Waals surface area contributed by atoms with Gasteiger partial charge in [0.05, 0.1) is 6.04 Å². The molecule has 25 heavy (non-hydrogen) atoms. The minimum atomic E-state index is -0.302. The summed E-state index contributed by atoms with van der Waals surface area (Å²) in [6, 6.07) is 8.80. The van der Waals surface area contributed by atoms with Gasteiger partial charge in [0.2, 0.25) is 0 Å². The smallest absolute Gasteiger partial charge is 0.263 e. The SMILES string of the molecule is CCCCNC(=O)/C(C#N)=C\NC(CC)c1ccc2c(c1)CCCC2. The number of unbranched alkanes of at least 4 members (excludes halogenated alkanes) is 1. The van der Waals surface area contributed by atoms with E-state index in [-0.39, 0.29) is 17.5 Å². The van der Waals surface area contributed by atoms with Crippen molar-refractivity contribution in [3.63, 3.8) is 0 Å². The molecule has 0 fully saturated rings. The molecule has 0 radical (unpaired) electrons. The average Bonchev–Trinajstić information content (AvgIpc) is 2.65. The number of nitrogens with one attached hydrogen (secondary N) is 2. The number of amides is 1. The Balaban J connectivity index is 2.05. The van der Waals surface area contributed by atoms with Crippen LogP contribution < -0.4 is 10.6 Å². The molecule has 0 saturated heterocycles. The Morgan fingerprint density at radius 3 is 2.72 bits per heavy atom. The minimum absolute atomic E-state index is 0.110. The van der Waals surface area contributed by atoms with E-state index in [2.05, 4.69) is 42.7 Å². The summed E-state index contributed by atoms with van der Waals surface area (Å²) in [5.74, 6) is -0.302. The molecule has 2 N–H and O–H groups in total. The third kappa shape index (κ3) is 5.35. The molecular weight excluding hydrogens is 310 g/mol. The Morgan fingerprint density at radius 2 is 2.04 bits per heavy atom. The van der Waals surface area contributed by atoms with Crippen LogP contribution in [0.5, 0.6) is 0 Å². The Hall–Kier alpha value is -2.28. The van der Waals surface area contributed by atoms with Crippen molar-refractivity contribution in [2.24, 2.45) is 0 Å². The lowest BCUT2D eigenvalue weighted by Crippen LogP contribution is -2.27. The average molecular weight is 339 g/mol. The second-order valence-corrected chi connectivity index (χ2v) is 6.64. The Morgan fingerprint density at radius 1 is 1.28 bits per heavy atom. The quantitative estimate of drug-likeness (QED) is 0.428. The number of benzene rings is 1. The molecule has 1 unspecified atom stereocenters. The molecule has 0 spiro atoms. The van der Waals surface area contributed by atoms with Gasteiger partial charge in [-0.25, -0.2) is 0 Å². The second kappa shape index (κ2) is 9.88. The van der Waals surface area contributed by atoms with Gasteiger partial charge in [-0.15, -0.1) is 0 Å². The first-order chi connectivity index (χ1) is 12.2. The van der Waals surface area contributed by atoms with E-state index in [4.69, 9.17) is 0 Å². The van der Waals surface area contributed by atoms with Crippen molar-refractivity contribution in [1.29, 1.82) is 5.26 Å². The van der Waals surface area contributed by atoms with Gasteiger partial charge < -0.3 is 10.6 Å². The topological polar surface area (TPSA) is 64.9 Å². The third-order valence-electron chi connectivity index (χ3n) is 4.79. The first-order valence-corrected chi connectivity index (χ1v) is 9.45. The lowest BCUT2D eigenvalue weighted by molar-refractivity contribution is -0.117. The molecule has 0 heterocycles. The normalized spacial score (nSPS) is 15.0. The molecule has 4 nitrogen and oxygen atoms in total. The summed E-state index contributed by atoms with van der Waals surface area (Å²) in [7, 11) is 0.